The Morgan fingerprint density at radius 3 is 2.10 bits per heavy atom. The molecule has 6 heteroatoms. The third-order valence-electron chi connectivity index (χ3n) is 2.99. The molecule has 0 atom stereocenters. The highest BCUT2D eigenvalue weighted by Gasteiger charge is 2.24. The van der Waals surface area contributed by atoms with Crippen LogP contribution in [0.25, 0.3) is 0 Å². The van der Waals surface area contributed by atoms with E-state index >= 15 is 0 Å². The molecule has 0 aliphatic rings. The Morgan fingerprint density at radius 1 is 1.10 bits per heavy atom. The lowest BCUT2D eigenvalue weighted by atomic mass is 10.1. The Morgan fingerprint density at radius 2 is 1.62 bits per heavy atom. The standard InChI is InChI=1S/C15H13F3N2O/c1-2-20(11-5-3-10(19)4-6-11)15(21)14-12(17)7-9(16)8-13(14)18/h3-8H,2,19H2,1H3. The highest BCUT2D eigenvalue weighted by atomic mass is 19.1. The van der Waals surface area contributed by atoms with Crippen molar-refractivity contribution in [1.29, 1.82) is 0 Å². The summed E-state index contributed by atoms with van der Waals surface area (Å²) >= 11 is 0. The summed E-state index contributed by atoms with van der Waals surface area (Å²) in [6, 6.07) is 7.23. The first-order valence-corrected chi connectivity index (χ1v) is 6.26. The molecular formula is C15H13F3N2O. The Labute approximate surface area is 119 Å². The molecule has 2 N–H and O–H groups in total. The molecule has 0 spiro atoms. The fourth-order valence-electron chi connectivity index (χ4n) is 1.98. The van der Waals surface area contributed by atoms with E-state index in [9.17, 15) is 18.0 Å². The molecule has 0 saturated carbocycles. The van der Waals surface area contributed by atoms with E-state index in [1.54, 1.807) is 31.2 Å². The van der Waals surface area contributed by atoms with Gasteiger partial charge in [0.15, 0.2) is 0 Å². The van der Waals surface area contributed by atoms with E-state index in [0.717, 1.165) is 0 Å². The number of hydrogen-bond acceptors (Lipinski definition) is 2. The molecule has 0 aliphatic carbocycles. The minimum absolute atomic E-state index is 0.193. The minimum Gasteiger partial charge on any atom is -0.399 e. The smallest absolute Gasteiger partial charge is 0.264 e. The van der Waals surface area contributed by atoms with Crippen LogP contribution in [0.3, 0.4) is 0 Å². The SMILES string of the molecule is CCN(C(=O)c1c(F)cc(F)cc1F)c1ccc(N)cc1. The molecule has 110 valence electrons. The molecule has 21 heavy (non-hydrogen) atoms. The van der Waals surface area contributed by atoms with Gasteiger partial charge in [0.25, 0.3) is 5.91 Å². The van der Waals surface area contributed by atoms with Crippen molar-refractivity contribution in [2.45, 2.75) is 6.92 Å². The van der Waals surface area contributed by atoms with Gasteiger partial charge in [0.05, 0.1) is 0 Å². The van der Waals surface area contributed by atoms with Gasteiger partial charge in [-0.3, -0.25) is 4.79 Å². The van der Waals surface area contributed by atoms with Gasteiger partial charge in [-0.2, -0.15) is 0 Å². The zero-order chi connectivity index (χ0) is 15.6. The van der Waals surface area contributed by atoms with Crippen LogP contribution in [0.1, 0.15) is 17.3 Å². The van der Waals surface area contributed by atoms with Crippen molar-refractivity contribution in [3.8, 4) is 0 Å². The average molecular weight is 294 g/mol. The number of halogens is 3. The van der Waals surface area contributed by atoms with Crippen molar-refractivity contribution in [2.75, 3.05) is 17.2 Å². The lowest BCUT2D eigenvalue weighted by molar-refractivity contribution is 0.0980. The minimum atomic E-state index is -1.23. The molecule has 3 nitrogen and oxygen atoms in total. The molecule has 0 fully saturated rings. The monoisotopic (exact) mass is 294 g/mol. The second-order valence-electron chi connectivity index (χ2n) is 4.39. The van der Waals surface area contributed by atoms with Gasteiger partial charge in [-0.05, 0) is 31.2 Å². The number of nitrogens with two attached hydrogens (primary N) is 1. The van der Waals surface area contributed by atoms with Gasteiger partial charge in [-0.25, -0.2) is 13.2 Å². The van der Waals surface area contributed by atoms with Crippen LogP contribution >= 0.6 is 0 Å². The molecule has 0 aliphatic heterocycles. The largest absolute Gasteiger partial charge is 0.399 e. The van der Waals surface area contributed by atoms with Crippen LogP contribution in [-0.2, 0) is 0 Å². The van der Waals surface area contributed by atoms with Gasteiger partial charge in [-0.15, -0.1) is 0 Å². The number of anilines is 2. The Hall–Kier alpha value is -2.50. The second-order valence-corrected chi connectivity index (χ2v) is 4.39. The number of nitrogens with zero attached hydrogens (tertiary/aromatic N) is 1. The molecule has 0 unspecified atom stereocenters. The lowest BCUT2D eigenvalue weighted by Crippen LogP contribution is -2.32. The molecular weight excluding hydrogens is 281 g/mol. The van der Waals surface area contributed by atoms with E-state index in [-0.39, 0.29) is 6.54 Å². The molecule has 0 saturated heterocycles. The number of hydrogen-bond donors (Lipinski definition) is 1. The zero-order valence-electron chi connectivity index (χ0n) is 11.2. The summed E-state index contributed by atoms with van der Waals surface area (Å²) in [5, 5.41) is 0. The predicted molar refractivity (Wildman–Crippen MR) is 74.5 cm³/mol. The number of carbonyl (C=O) groups excluding carboxylic acids is 1. The summed E-state index contributed by atoms with van der Waals surface area (Å²) in [5.41, 5.74) is 5.72. The van der Waals surface area contributed by atoms with E-state index in [0.29, 0.717) is 23.5 Å². The van der Waals surface area contributed by atoms with E-state index in [1.807, 2.05) is 0 Å². The second kappa shape index (κ2) is 5.87. The molecule has 0 heterocycles. The highest BCUT2D eigenvalue weighted by molar-refractivity contribution is 6.06. The van der Waals surface area contributed by atoms with Crippen LogP contribution in [0.5, 0.6) is 0 Å². The Balaban J connectivity index is 2.44. The maximum absolute atomic E-state index is 13.7. The first kappa shape index (κ1) is 14.9. The molecule has 0 bridgehead atoms. The molecule has 0 radical (unpaired) electrons. The molecule has 2 aromatic carbocycles. The van der Waals surface area contributed by atoms with Gasteiger partial charge in [0.1, 0.15) is 23.0 Å². The van der Waals surface area contributed by atoms with Crippen LogP contribution < -0.4 is 10.6 Å². The maximum Gasteiger partial charge on any atom is 0.264 e. The number of amides is 1. The van der Waals surface area contributed by atoms with Crippen LogP contribution in [0.15, 0.2) is 36.4 Å². The number of carbonyl (C=O) groups is 1. The van der Waals surface area contributed by atoms with Crippen molar-refractivity contribution >= 4 is 17.3 Å². The predicted octanol–water partition coefficient (Wildman–Crippen LogP) is 3.35. The zero-order valence-corrected chi connectivity index (χ0v) is 11.2. The quantitative estimate of drug-likeness (QED) is 0.882. The molecule has 2 rings (SSSR count). The highest BCUT2D eigenvalue weighted by Crippen LogP contribution is 2.22. The van der Waals surface area contributed by atoms with Gasteiger partial charge in [-0.1, -0.05) is 0 Å². The topological polar surface area (TPSA) is 46.3 Å². The first-order valence-electron chi connectivity index (χ1n) is 6.26. The van der Waals surface area contributed by atoms with Crippen molar-refractivity contribution in [2.24, 2.45) is 0 Å². The summed E-state index contributed by atoms with van der Waals surface area (Å²) in [5.74, 6) is -4.41. The van der Waals surface area contributed by atoms with Gasteiger partial charge in [0.2, 0.25) is 0 Å². The van der Waals surface area contributed by atoms with Crippen LogP contribution in [0.4, 0.5) is 24.5 Å². The van der Waals surface area contributed by atoms with Crippen LogP contribution in [0, 0.1) is 17.5 Å². The average Bonchev–Trinajstić information content (AvgIpc) is 2.40. The Bertz CT molecular complexity index is 648. The van der Waals surface area contributed by atoms with E-state index < -0.39 is 28.9 Å². The van der Waals surface area contributed by atoms with Gasteiger partial charge in [0, 0.05) is 30.1 Å². The Kier molecular flexibility index (Phi) is 4.16. The van der Waals surface area contributed by atoms with Crippen LogP contribution in [-0.4, -0.2) is 12.5 Å². The fraction of sp³-hybridized carbons (Fsp3) is 0.133. The van der Waals surface area contributed by atoms with Gasteiger partial charge < -0.3 is 10.6 Å². The lowest BCUT2D eigenvalue weighted by Gasteiger charge is -2.21. The summed E-state index contributed by atoms with van der Waals surface area (Å²) in [7, 11) is 0. The first-order chi connectivity index (χ1) is 9.93. The molecule has 1 amide bonds. The van der Waals surface area contributed by atoms with Gasteiger partial charge >= 0.3 is 0 Å². The van der Waals surface area contributed by atoms with Crippen molar-refractivity contribution in [3.05, 3.63) is 59.4 Å². The maximum atomic E-state index is 13.7. The van der Waals surface area contributed by atoms with Crippen molar-refractivity contribution in [1.82, 2.24) is 0 Å². The summed E-state index contributed by atoms with van der Waals surface area (Å²) < 4.78 is 40.3. The van der Waals surface area contributed by atoms with Crippen molar-refractivity contribution < 1.29 is 18.0 Å². The van der Waals surface area contributed by atoms with E-state index in [4.69, 9.17) is 5.73 Å². The number of nitrogen functional groups attached to an aromatic ring is 1. The summed E-state index contributed by atoms with van der Waals surface area (Å²) in [6.07, 6.45) is 0. The molecule has 0 aromatic heterocycles. The normalized spacial score (nSPS) is 10.5. The summed E-state index contributed by atoms with van der Waals surface area (Å²) in [6.45, 7) is 1.85. The number of benzene rings is 2. The summed E-state index contributed by atoms with van der Waals surface area (Å²) in [4.78, 5) is 13.5. The third-order valence-corrected chi connectivity index (χ3v) is 2.99. The number of rotatable bonds is 3. The van der Waals surface area contributed by atoms with E-state index in [1.165, 1.54) is 4.90 Å². The van der Waals surface area contributed by atoms with Crippen LogP contribution in [0.2, 0.25) is 0 Å². The van der Waals surface area contributed by atoms with Crippen molar-refractivity contribution in [3.63, 3.8) is 0 Å². The molecule has 2 aromatic rings. The third kappa shape index (κ3) is 2.99. The van der Waals surface area contributed by atoms with E-state index in [2.05, 4.69) is 0 Å². The fourth-order valence-corrected chi connectivity index (χ4v) is 1.98.